The first-order valence-corrected chi connectivity index (χ1v) is 8.33. The number of ketones is 1. The van der Waals surface area contributed by atoms with Crippen molar-refractivity contribution in [1.82, 2.24) is 14.8 Å². The fourth-order valence-electron chi connectivity index (χ4n) is 3.57. The number of carbonyl (C=O) groups is 1. The van der Waals surface area contributed by atoms with E-state index in [-0.39, 0.29) is 11.8 Å². The Kier molecular flexibility index (Phi) is 3.59. The molecule has 0 spiro atoms. The van der Waals surface area contributed by atoms with Gasteiger partial charge in [-0.3, -0.25) is 4.79 Å². The van der Waals surface area contributed by atoms with E-state index in [4.69, 9.17) is 4.74 Å². The first-order valence-electron chi connectivity index (χ1n) is 8.33. The summed E-state index contributed by atoms with van der Waals surface area (Å²) in [4.78, 5) is 17.0. The third kappa shape index (κ3) is 2.38. The van der Waals surface area contributed by atoms with Crippen molar-refractivity contribution in [1.29, 1.82) is 0 Å². The van der Waals surface area contributed by atoms with Gasteiger partial charge in [0, 0.05) is 17.7 Å². The molecule has 2 aliphatic rings. The summed E-state index contributed by atoms with van der Waals surface area (Å²) in [6.07, 6.45) is 2.97. The number of allylic oxidation sites excluding steroid dienone is 2. The molecular weight excluding hydrogens is 304 g/mol. The predicted octanol–water partition coefficient (Wildman–Crippen LogP) is 2.94. The van der Waals surface area contributed by atoms with Gasteiger partial charge >= 0.3 is 0 Å². The SMILES string of the molecule is CCOc1ccc([C@H]2C3=C(C[C@H](C)CC3=O)Nc3ncnn32)cc1. The Morgan fingerprint density at radius 3 is 2.83 bits per heavy atom. The molecule has 0 unspecified atom stereocenters. The highest BCUT2D eigenvalue weighted by Crippen LogP contribution is 2.41. The maximum absolute atomic E-state index is 12.7. The van der Waals surface area contributed by atoms with Crippen molar-refractivity contribution in [3.05, 3.63) is 47.4 Å². The molecule has 0 fully saturated rings. The van der Waals surface area contributed by atoms with Gasteiger partial charge in [-0.25, -0.2) is 4.68 Å². The number of rotatable bonds is 3. The minimum atomic E-state index is -0.227. The number of carbonyl (C=O) groups excluding carboxylic acids is 1. The minimum absolute atomic E-state index is 0.191. The van der Waals surface area contributed by atoms with E-state index in [1.165, 1.54) is 6.33 Å². The molecule has 1 aliphatic carbocycles. The highest BCUT2D eigenvalue weighted by molar-refractivity contribution is 5.99. The molecule has 2 atom stereocenters. The van der Waals surface area contributed by atoms with Crippen LogP contribution in [-0.4, -0.2) is 27.2 Å². The first kappa shape index (κ1) is 14.9. The molecule has 4 rings (SSSR count). The number of fused-ring (bicyclic) bond motifs is 1. The van der Waals surface area contributed by atoms with E-state index >= 15 is 0 Å². The van der Waals surface area contributed by atoms with Gasteiger partial charge in [-0.05, 0) is 37.0 Å². The van der Waals surface area contributed by atoms with Crippen LogP contribution in [0.1, 0.15) is 38.3 Å². The molecular formula is C18H20N4O2. The van der Waals surface area contributed by atoms with Crippen LogP contribution in [-0.2, 0) is 4.79 Å². The smallest absolute Gasteiger partial charge is 0.226 e. The first-order chi connectivity index (χ1) is 11.7. The van der Waals surface area contributed by atoms with Crippen LogP contribution in [0.2, 0.25) is 0 Å². The van der Waals surface area contributed by atoms with Crippen molar-refractivity contribution in [2.24, 2.45) is 5.92 Å². The number of Topliss-reactive ketones (excluding diaryl/α,β-unsaturated/α-hetero) is 1. The maximum Gasteiger partial charge on any atom is 0.226 e. The zero-order valence-corrected chi connectivity index (χ0v) is 13.8. The summed E-state index contributed by atoms with van der Waals surface area (Å²) in [6.45, 7) is 4.70. The molecule has 0 radical (unpaired) electrons. The van der Waals surface area contributed by atoms with Gasteiger partial charge in [-0.1, -0.05) is 19.1 Å². The Morgan fingerprint density at radius 2 is 2.08 bits per heavy atom. The van der Waals surface area contributed by atoms with Gasteiger partial charge in [0.05, 0.1) is 6.61 Å². The third-order valence-electron chi connectivity index (χ3n) is 4.57. The van der Waals surface area contributed by atoms with Crippen molar-refractivity contribution in [2.45, 2.75) is 32.7 Å². The van der Waals surface area contributed by atoms with E-state index in [0.717, 1.165) is 29.0 Å². The molecule has 2 heterocycles. The molecule has 0 saturated heterocycles. The van der Waals surface area contributed by atoms with Gasteiger partial charge in [-0.2, -0.15) is 10.1 Å². The van der Waals surface area contributed by atoms with Crippen LogP contribution in [0.25, 0.3) is 0 Å². The Labute approximate surface area is 140 Å². The number of nitrogens with one attached hydrogen (secondary N) is 1. The molecule has 124 valence electrons. The fraction of sp³-hybridized carbons (Fsp3) is 0.389. The van der Waals surface area contributed by atoms with Crippen LogP contribution in [0.3, 0.4) is 0 Å². The van der Waals surface area contributed by atoms with E-state index < -0.39 is 0 Å². The average molecular weight is 324 g/mol. The van der Waals surface area contributed by atoms with Crippen molar-refractivity contribution < 1.29 is 9.53 Å². The van der Waals surface area contributed by atoms with Crippen molar-refractivity contribution in [2.75, 3.05) is 11.9 Å². The van der Waals surface area contributed by atoms with E-state index in [1.54, 1.807) is 4.68 Å². The Balaban J connectivity index is 1.80. The number of aromatic nitrogens is 3. The molecule has 0 saturated carbocycles. The van der Waals surface area contributed by atoms with Gasteiger partial charge in [0.1, 0.15) is 18.1 Å². The summed E-state index contributed by atoms with van der Waals surface area (Å²) in [6, 6.07) is 7.65. The van der Waals surface area contributed by atoms with Gasteiger partial charge in [-0.15, -0.1) is 0 Å². The summed E-state index contributed by atoms with van der Waals surface area (Å²) in [5.41, 5.74) is 2.82. The molecule has 6 heteroatoms. The highest BCUT2D eigenvalue weighted by atomic mass is 16.5. The number of nitrogens with zero attached hydrogens (tertiary/aromatic N) is 3. The standard InChI is InChI=1S/C18H20N4O2/c1-3-24-13-6-4-12(5-7-13)17-16-14(8-11(2)9-15(16)23)21-18-19-10-20-22(17)18/h4-7,10-11,17H,3,8-9H2,1-2H3,(H,19,20,21)/t11-,17-/m0/s1. The van der Waals surface area contributed by atoms with E-state index in [9.17, 15) is 4.79 Å². The van der Waals surface area contributed by atoms with Crippen molar-refractivity contribution >= 4 is 11.7 Å². The monoisotopic (exact) mass is 324 g/mol. The quantitative estimate of drug-likeness (QED) is 0.940. The second kappa shape index (κ2) is 5.78. The number of ether oxygens (including phenoxy) is 1. The maximum atomic E-state index is 12.7. The molecule has 1 aliphatic heterocycles. The zero-order chi connectivity index (χ0) is 16.7. The molecule has 0 amide bonds. The second-order valence-electron chi connectivity index (χ2n) is 6.39. The van der Waals surface area contributed by atoms with Crippen LogP contribution >= 0.6 is 0 Å². The minimum Gasteiger partial charge on any atom is -0.494 e. The van der Waals surface area contributed by atoms with Crippen LogP contribution < -0.4 is 10.1 Å². The number of anilines is 1. The topological polar surface area (TPSA) is 69.0 Å². The Morgan fingerprint density at radius 1 is 1.29 bits per heavy atom. The normalized spacial score (nSPS) is 22.7. The lowest BCUT2D eigenvalue weighted by Gasteiger charge is -2.34. The van der Waals surface area contributed by atoms with Gasteiger partial charge < -0.3 is 10.1 Å². The lowest BCUT2D eigenvalue weighted by molar-refractivity contribution is -0.117. The van der Waals surface area contributed by atoms with Gasteiger partial charge in [0.2, 0.25) is 5.95 Å². The summed E-state index contributed by atoms with van der Waals surface area (Å²) in [5, 5.41) is 7.64. The van der Waals surface area contributed by atoms with E-state index in [1.807, 2.05) is 31.2 Å². The van der Waals surface area contributed by atoms with Crippen LogP contribution in [0, 0.1) is 5.92 Å². The zero-order valence-electron chi connectivity index (χ0n) is 13.8. The van der Waals surface area contributed by atoms with E-state index in [0.29, 0.717) is 24.9 Å². The van der Waals surface area contributed by atoms with Crippen molar-refractivity contribution in [3.8, 4) is 5.75 Å². The third-order valence-corrected chi connectivity index (χ3v) is 4.57. The highest BCUT2D eigenvalue weighted by Gasteiger charge is 2.37. The van der Waals surface area contributed by atoms with E-state index in [2.05, 4.69) is 22.3 Å². The summed E-state index contributed by atoms with van der Waals surface area (Å²) in [7, 11) is 0. The Bertz CT molecular complexity index is 807. The number of benzene rings is 1. The Hall–Kier alpha value is -2.63. The molecule has 0 bridgehead atoms. The van der Waals surface area contributed by atoms with Crippen LogP contribution in [0.4, 0.5) is 5.95 Å². The lowest BCUT2D eigenvalue weighted by Crippen LogP contribution is -2.33. The number of hydrogen-bond acceptors (Lipinski definition) is 5. The van der Waals surface area contributed by atoms with Gasteiger partial charge in [0.15, 0.2) is 5.78 Å². The molecule has 2 aromatic rings. The summed E-state index contributed by atoms with van der Waals surface area (Å²) >= 11 is 0. The largest absolute Gasteiger partial charge is 0.494 e. The second-order valence-corrected chi connectivity index (χ2v) is 6.39. The van der Waals surface area contributed by atoms with Crippen LogP contribution in [0.5, 0.6) is 5.75 Å². The summed E-state index contributed by atoms with van der Waals surface area (Å²) < 4.78 is 7.31. The van der Waals surface area contributed by atoms with Gasteiger partial charge in [0.25, 0.3) is 0 Å². The molecule has 1 N–H and O–H groups in total. The molecule has 6 nitrogen and oxygen atoms in total. The fourth-order valence-corrected chi connectivity index (χ4v) is 3.57. The molecule has 24 heavy (non-hydrogen) atoms. The predicted molar refractivity (Wildman–Crippen MR) is 89.8 cm³/mol. The van der Waals surface area contributed by atoms with Crippen molar-refractivity contribution in [3.63, 3.8) is 0 Å². The van der Waals surface area contributed by atoms with Crippen LogP contribution in [0.15, 0.2) is 41.9 Å². The molecule has 1 aromatic carbocycles. The number of hydrogen-bond donors (Lipinski definition) is 1. The molecule has 1 aromatic heterocycles. The summed E-state index contributed by atoms with van der Waals surface area (Å²) in [5.74, 6) is 2.05. The average Bonchev–Trinajstić information content (AvgIpc) is 3.02. The lowest BCUT2D eigenvalue weighted by atomic mass is 9.81.